The molecule has 52 heavy (non-hydrogen) atoms. The molecule has 0 radical (unpaired) electrons. The molecule has 8 rings (SSSR count). The zero-order chi connectivity index (χ0) is 36.1. The predicted molar refractivity (Wildman–Crippen MR) is 196 cm³/mol. The summed E-state index contributed by atoms with van der Waals surface area (Å²) in [7, 11) is 1.87. The van der Waals surface area contributed by atoms with Crippen molar-refractivity contribution >= 4 is 63.5 Å². The minimum absolute atomic E-state index is 0.0837. The van der Waals surface area contributed by atoms with Crippen LogP contribution in [-0.2, 0) is 29.6 Å². The predicted octanol–water partition coefficient (Wildman–Crippen LogP) is 4.34. The molecule has 0 aliphatic carbocycles. The number of para-hydroxylation sites is 1. The van der Waals surface area contributed by atoms with E-state index in [1.165, 1.54) is 11.1 Å². The first-order valence-corrected chi connectivity index (χ1v) is 17.4. The largest absolute Gasteiger partial charge is 0.384 e. The normalized spacial score (nSPS) is 17.3. The summed E-state index contributed by atoms with van der Waals surface area (Å²) >= 11 is 0. The van der Waals surface area contributed by atoms with Crippen LogP contribution in [0.15, 0.2) is 60.8 Å². The molecular weight excluding hydrogens is 660 g/mol. The van der Waals surface area contributed by atoms with Gasteiger partial charge in [-0.2, -0.15) is 10.1 Å². The Labute approximate surface area is 299 Å². The van der Waals surface area contributed by atoms with Crippen LogP contribution in [0.2, 0.25) is 0 Å². The van der Waals surface area contributed by atoms with Crippen molar-refractivity contribution in [2.75, 3.05) is 35.6 Å². The number of anilines is 5. The number of benzene rings is 3. The standard InChI is InChI=1S/C38H38N10O4/c1-21-5-4-6-22(2)32(21)43-33-29-19-40-38(44-34(29)46(3)45-33)41-26-8-7-23-13-15-47(20-24(23)17-26)16-14-39-25-9-10-27-28(18-25)37(52)48(36(27)51)30-11-12-31(49)42-35(30)50/h4-10,17-19,30,39H,11-16,20H2,1-3H3,(H,43,45)(H,40,41,44)(H,42,49,50). The highest BCUT2D eigenvalue weighted by atomic mass is 16.2. The molecule has 3 aromatic carbocycles. The molecule has 4 N–H and O–H groups in total. The number of aromatic nitrogens is 4. The second-order valence-electron chi connectivity index (χ2n) is 13.6. The minimum Gasteiger partial charge on any atom is -0.384 e. The quantitative estimate of drug-likeness (QED) is 0.162. The molecule has 1 atom stereocenters. The lowest BCUT2D eigenvalue weighted by atomic mass is 9.99. The van der Waals surface area contributed by atoms with Gasteiger partial charge in [0, 0.05) is 62.9 Å². The lowest BCUT2D eigenvalue weighted by Gasteiger charge is -2.29. The van der Waals surface area contributed by atoms with Gasteiger partial charge in [0.2, 0.25) is 17.8 Å². The molecule has 14 nitrogen and oxygen atoms in total. The van der Waals surface area contributed by atoms with Gasteiger partial charge >= 0.3 is 0 Å². The molecule has 3 aliphatic rings. The average molecular weight is 699 g/mol. The number of carbonyl (C=O) groups is 4. The monoisotopic (exact) mass is 698 g/mol. The van der Waals surface area contributed by atoms with Crippen LogP contribution in [0.1, 0.15) is 55.8 Å². The third-order valence-corrected chi connectivity index (χ3v) is 10.1. The van der Waals surface area contributed by atoms with E-state index in [9.17, 15) is 19.2 Å². The Morgan fingerprint density at radius 2 is 1.67 bits per heavy atom. The fraction of sp³-hybridized carbons (Fsp3) is 0.289. The number of aryl methyl sites for hydroxylation is 3. The number of imide groups is 2. The lowest BCUT2D eigenvalue weighted by Crippen LogP contribution is -2.54. The SMILES string of the molecule is Cc1cccc(C)c1Nc1nn(C)c2nc(Nc3ccc4c(c3)CN(CCNc3ccc5c(c3)C(=O)N(C3CCC(=O)NC3=O)C5=O)CC4)ncc12. The van der Waals surface area contributed by atoms with Crippen LogP contribution >= 0.6 is 0 Å². The van der Waals surface area contributed by atoms with Crippen LogP contribution < -0.4 is 21.3 Å². The van der Waals surface area contributed by atoms with E-state index in [1.54, 1.807) is 29.1 Å². The summed E-state index contributed by atoms with van der Waals surface area (Å²) in [5.74, 6) is -0.853. The van der Waals surface area contributed by atoms with Crippen molar-refractivity contribution < 1.29 is 19.2 Å². The lowest BCUT2D eigenvalue weighted by molar-refractivity contribution is -0.136. The van der Waals surface area contributed by atoms with Gasteiger partial charge in [-0.3, -0.25) is 34.3 Å². The average Bonchev–Trinajstić information content (AvgIpc) is 3.57. The minimum atomic E-state index is -0.985. The Morgan fingerprint density at radius 3 is 2.48 bits per heavy atom. The maximum Gasteiger partial charge on any atom is 0.262 e. The summed E-state index contributed by atoms with van der Waals surface area (Å²) in [6.45, 7) is 7.23. The number of amides is 4. The van der Waals surface area contributed by atoms with E-state index in [2.05, 4.69) is 80.4 Å². The summed E-state index contributed by atoms with van der Waals surface area (Å²) in [6.07, 6.45) is 2.93. The smallest absolute Gasteiger partial charge is 0.262 e. The summed E-state index contributed by atoms with van der Waals surface area (Å²) in [5.41, 5.74) is 8.69. The Bertz CT molecular complexity index is 2280. The highest BCUT2D eigenvalue weighted by Gasteiger charge is 2.44. The maximum absolute atomic E-state index is 13.2. The van der Waals surface area contributed by atoms with E-state index in [1.807, 2.05) is 13.1 Å². The number of rotatable bonds is 9. The molecule has 4 amide bonds. The number of hydrogen-bond acceptors (Lipinski definition) is 11. The van der Waals surface area contributed by atoms with Gasteiger partial charge in [-0.05, 0) is 79.3 Å². The van der Waals surface area contributed by atoms with Crippen LogP contribution in [0.3, 0.4) is 0 Å². The number of nitrogens with one attached hydrogen (secondary N) is 4. The molecule has 5 aromatic rings. The van der Waals surface area contributed by atoms with Gasteiger partial charge < -0.3 is 16.0 Å². The molecule has 0 spiro atoms. The highest BCUT2D eigenvalue weighted by Crippen LogP contribution is 2.31. The summed E-state index contributed by atoms with van der Waals surface area (Å²) in [4.78, 5) is 62.9. The molecule has 14 heteroatoms. The van der Waals surface area contributed by atoms with Gasteiger partial charge in [-0.1, -0.05) is 24.3 Å². The van der Waals surface area contributed by atoms with Gasteiger partial charge in [-0.25, -0.2) is 9.67 Å². The van der Waals surface area contributed by atoms with E-state index in [0.29, 0.717) is 29.6 Å². The molecule has 1 fully saturated rings. The molecule has 0 bridgehead atoms. The molecule has 2 aromatic heterocycles. The summed E-state index contributed by atoms with van der Waals surface area (Å²) < 4.78 is 1.76. The Hall–Kier alpha value is -6.15. The van der Waals surface area contributed by atoms with Crippen molar-refractivity contribution in [3.63, 3.8) is 0 Å². The van der Waals surface area contributed by atoms with Crippen molar-refractivity contribution in [2.24, 2.45) is 7.05 Å². The first kappa shape index (κ1) is 33.0. The number of piperidine rings is 1. The van der Waals surface area contributed by atoms with Crippen molar-refractivity contribution in [1.82, 2.24) is 34.9 Å². The molecule has 3 aliphatic heterocycles. The third kappa shape index (κ3) is 6.10. The van der Waals surface area contributed by atoms with Crippen molar-refractivity contribution in [3.05, 3.63) is 94.2 Å². The van der Waals surface area contributed by atoms with Gasteiger partial charge in [0.15, 0.2) is 11.5 Å². The number of hydrogen-bond donors (Lipinski definition) is 4. The summed E-state index contributed by atoms with van der Waals surface area (Å²) in [6, 6.07) is 16.6. The van der Waals surface area contributed by atoms with E-state index in [4.69, 9.17) is 4.98 Å². The number of fused-ring (bicyclic) bond motifs is 3. The van der Waals surface area contributed by atoms with Crippen LogP contribution in [0.4, 0.5) is 28.8 Å². The fourth-order valence-corrected chi connectivity index (χ4v) is 7.27. The molecule has 0 saturated carbocycles. The number of carbonyl (C=O) groups excluding carboxylic acids is 4. The molecular formula is C38H38N10O4. The summed E-state index contributed by atoms with van der Waals surface area (Å²) in [5, 5.41) is 18.0. The van der Waals surface area contributed by atoms with Gasteiger partial charge in [-0.15, -0.1) is 0 Å². The highest BCUT2D eigenvalue weighted by molar-refractivity contribution is 6.23. The van der Waals surface area contributed by atoms with Crippen molar-refractivity contribution in [2.45, 2.75) is 45.7 Å². The maximum atomic E-state index is 13.2. The number of nitrogens with zero attached hydrogens (tertiary/aromatic N) is 6. The topological polar surface area (TPSA) is 166 Å². The van der Waals surface area contributed by atoms with E-state index >= 15 is 0 Å². The van der Waals surface area contributed by atoms with Crippen LogP contribution in [-0.4, -0.2) is 78.9 Å². The van der Waals surface area contributed by atoms with Crippen molar-refractivity contribution in [3.8, 4) is 0 Å². The first-order valence-electron chi connectivity index (χ1n) is 17.4. The second-order valence-corrected chi connectivity index (χ2v) is 13.6. The van der Waals surface area contributed by atoms with E-state index in [0.717, 1.165) is 58.8 Å². The zero-order valence-electron chi connectivity index (χ0n) is 29.1. The molecule has 1 unspecified atom stereocenters. The Morgan fingerprint density at radius 1 is 0.885 bits per heavy atom. The zero-order valence-corrected chi connectivity index (χ0v) is 29.1. The van der Waals surface area contributed by atoms with E-state index in [-0.39, 0.29) is 24.0 Å². The van der Waals surface area contributed by atoms with Gasteiger partial charge in [0.05, 0.1) is 16.5 Å². The molecule has 264 valence electrons. The van der Waals surface area contributed by atoms with E-state index < -0.39 is 29.7 Å². The second kappa shape index (κ2) is 13.2. The van der Waals surface area contributed by atoms with Crippen LogP contribution in [0.25, 0.3) is 11.0 Å². The van der Waals surface area contributed by atoms with Gasteiger partial charge in [0.1, 0.15) is 6.04 Å². The van der Waals surface area contributed by atoms with Crippen LogP contribution in [0.5, 0.6) is 0 Å². The fourth-order valence-electron chi connectivity index (χ4n) is 7.27. The first-order chi connectivity index (χ1) is 25.1. The Kier molecular flexibility index (Phi) is 8.38. The van der Waals surface area contributed by atoms with Gasteiger partial charge in [0.25, 0.3) is 11.8 Å². The molecule has 5 heterocycles. The Balaban J connectivity index is 0.891. The van der Waals surface area contributed by atoms with Crippen molar-refractivity contribution in [1.29, 1.82) is 0 Å². The molecule has 1 saturated heterocycles. The third-order valence-electron chi connectivity index (χ3n) is 10.1. The van der Waals surface area contributed by atoms with Crippen LogP contribution in [0, 0.1) is 13.8 Å².